The molecule has 1 amide bonds. The predicted molar refractivity (Wildman–Crippen MR) is 116 cm³/mol. The van der Waals surface area contributed by atoms with E-state index in [-0.39, 0.29) is 12.5 Å². The molecule has 0 heterocycles. The topological polar surface area (TPSA) is 83.1 Å². The van der Waals surface area contributed by atoms with Crippen LogP contribution in [0.25, 0.3) is 6.08 Å². The molecule has 0 radical (unpaired) electrons. The van der Waals surface area contributed by atoms with E-state index in [2.05, 4.69) is 10.1 Å². The predicted octanol–water partition coefficient (Wildman–Crippen LogP) is 4.26. The van der Waals surface area contributed by atoms with Gasteiger partial charge in [-0.1, -0.05) is 11.6 Å². The lowest BCUT2D eigenvalue weighted by Crippen LogP contribution is -2.13. The maximum absolute atomic E-state index is 12.3. The number of aryl methyl sites for hydroxylation is 1. The van der Waals surface area contributed by atoms with Crippen LogP contribution in [-0.2, 0) is 14.3 Å². The summed E-state index contributed by atoms with van der Waals surface area (Å²) in [6.07, 6.45) is 3.03. The van der Waals surface area contributed by atoms with Crippen LogP contribution >= 0.6 is 11.6 Å². The monoisotopic (exact) mass is 433 g/mol. The van der Waals surface area contributed by atoms with Crippen molar-refractivity contribution in [1.29, 1.82) is 0 Å². The van der Waals surface area contributed by atoms with Crippen LogP contribution < -0.4 is 19.5 Å². The number of esters is 1. The van der Waals surface area contributed by atoms with Gasteiger partial charge in [-0.3, -0.25) is 4.79 Å². The Bertz CT molecular complexity index is 941. The van der Waals surface area contributed by atoms with E-state index in [1.165, 1.54) is 20.3 Å². The van der Waals surface area contributed by atoms with Gasteiger partial charge in [0, 0.05) is 11.8 Å². The molecule has 2 rings (SSSR count). The SMILES string of the molecule is CCOc1cc(C=CC(=O)Nc2ccc(OCC(=O)OC)cc2C)cc(Cl)c1OC. The quantitative estimate of drug-likeness (QED) is 0.470. The number of methoxy groups -OCH3 is 2. The molecule has 0 bridgehead atoms. The van der Waals surface area contributed by atoms with Crippen molar-refractivity contribution in [3.63, 3.8) is 0 Å². The normalized spacial score (nSPS) is 10.6. The molecule has 2 aromatic carbocycles. The number of halogens is 1. The van der Waals surface area contributed by atoms with Gasteiger partial charge < -0.3 is 24.3 Å². The summed E-state index contributed by atoms with van der Waals surface area (Å²) in [6, 6.07) is 8.51. The Labute approximate surface area is 180 Å². The molecular formula is C22H24ClNO6. The third-order valence-corrected chi connectivity index (χ3v) is 4.28. The van der Waals surface area contributed by atoms with E-state index < -0.39 is 5.97 Å². The van der Waals surface area contributed by atoms with Crippen LogP contribution in [0.5, 0.6) is 17.2 Å². The number of nitrogens with one attached hydrogen (secondary N) is 1. The minimum Gasteiger partial charge on any atom is -0.491 e. The average molecular weight is 434 g/mol. The molecule has 0 atom stereocenters. The fraction of sp³-hybridized carbons (Fsp3) is 0.273. The van der Waals surface area contributed by atoms with Crippen molar-refractivity contribution in [3.05, 3.63) is 52.6 Å². The lowest BCUT2D eigenvalue weighted by Gasteiger charge is -2.12. The number of carbonyl (C=O) groups is 2. The first-order valence-corrected chi connectivity index (χ1v) is 9.55. The lowest BCUT2D eigenvalue weighted by molar-refractivity contribution is -0.142. The number of ether oxygens (including phenoxy) is 4. The summed E-state index contributed by atoms with van der Waals surface area (Å²) in [6.45, 7) is 3.96. The van der Waals surface area contributed by atoms with Crippen molar-refractivity contribution in [1.82, 2.24) is 0 Å². The van der Waals surface area contributed by atoms with E-state index in [0.29, 0.717) is 40.1 Å². The second-order valence-electron chi connectivity index (χ2n) is 6.13. The largest absolute Gasteiger partial charge is 0.491 e. The second kappa shape index (κ2) is 11.1. The minimum absolute atomic E-state index is 0.182. The van der Waals surface area contributed by atoms with E-state index >= 15 is 0 Å². The molecule has 0 aliphatic rings. The first-order valence-electron chi connectivity index (χ1n) is 9.17. The van der Waals surface area contributed by atoms with Crippen LogP contribution in [0.1, 0.15) is 18.1 Å². The lowest BCUT2D eigenvalue weighted by atomic mass is 10.1. The Kier molecular flexibility index (Phi) is 8.55. The number of anilines is 1. The molecule has 0 spiro atoms. The van der Waals surface area contributed by atoms with Crippen LogP contribution in [0.3, 0.4) is 0 Å². The Morgan fingerprint density at radius 1 is 1.13 bits per heavy atom. The number of amides is 1. The average Bonchev–Trinajstić information content (AvgIpc) is 2.72. The Hall–Kier alpha value is -3.19. The van der Waals surface area contributed by atoms with E-state index in [0.717, 1.165) is 5.56 Å². The summed E-state index contributed by atoms with van der Waals surface area (Å²) in [7, 11) is 2.81. The molecule has 160 valence electrons. The molecule has 0 unspecified atom stereocenters. The van der Waals surface area contributed by atoms with Crippen LogP contribution in [0.15, 0.2) is 36.4 Å². The minimum atomic E-state index is -0.471. The Morgan fingerprint density at radius 3 is 2.53 bits per heavy atom. The van der Waals surface area contributed by atoms with Crippen molar-refractivity contribution < 1.29 is 28.5 Å². The highest BCUT2D eigenvalue weighted by molar-refractivity contribution is 6.32. The first-order chi connectivity index (χ1) is 14.4. The van der Waals surface area contributed by atoms with Gasteiger partial charge in [0.2, 0.25) is 5.91 Å². The van der Waals surface area contributed by atoms with Gasteiger partial charge in [0.05, 0.1) is 25.8 Å². The zero-order chi connectivity index (χ0) is 22.1. The summed E-state index contributed by atoms with van der Waals surface area (Å²) >= 11 is 6.23. The maximum Gasteiger partial charge on any atom is 0.343 e. The summed E-state index contributed by atoms with van der Waals surface area (Å²) < 4.78 is 20.6. The summed E-state index contributed by atoms with van der Waals surface area (Å²) in [5.74, 6) is 0.673. The molecule has 0 saturated carbocycles. The number of benzene rings is 2. The van der Waals surface area contributed by atoms with Crippen molar-refractivity contribution >= 4 is 35.2 Å². The van der Waals surface area contributed by atoms with Crippen LogP contribution in [0, 0.1) is 6.92 Å². The fourth-order valence-corrected chi connectivity index (χ4v) is 2.86. The third kappa shape index (κ3) is 6.42. The van der Waals surface area contributed by atoms with Gasteiger partial charge in [0.25, 0.3) is 0 Å². The first kappa shape index (κ1) is 23.1. The molecule has 0 fully saturated rings. The van der Waals surface area contributed by atoms with Crippen molar-refractivity contribution in [2.45, 2.75) is 13.8 Å². The second-order valence-corrected chi connectivity index (χ2v) is 6.54. The number of rotatable bonds is 9. The highest BCUT2D eigenvalue weighted by Crippen LogP contribution is 2.36. The van der Waals surface area contributed by atoms with Crippen molar-refractivity contribution in [2.75, 3.05) is 32.8 Å². The molecule has 0 aliphatic heterocycles. The van der Waals surface area contributed by atoms with Gasteiger partial charge in [-0.25, -0.2) is 4.79 Å². The Morgan fingerprint density at radius 2 is 1.90 bits per heavy atom. The van der Waals surface area contributed by atoms with Crippen molar-refractivity contribution in [3.8, 4) is 17.2 Å². The zero-order valence-corrected chi connectivity index (χ0v) is 18.0. The van der Waals surface area contributed by atoms with Gasteiger partial charge >= 0.3 is 5.97 Å². The van der Waals surface area contributed by atoms with Crippen LogP contribution in [0.4, 0.5) is 5.69 Å². The third-order valence-electron chi connectivity index (χ3n) is 4.00. The van der Waals surface area contributed by atoms with Gasteiger partial charge in [0.1, 0.15) is 5.75 Å². The molecule has 1 N–H and O–H groups in total. The van der Waals surface area contributed by atoms with E-state index in [1.54, 1.807) is 36.4 Å². The molecule has 8 heteroatoms. The Balaban J connectivity index is 2.06. The van der Waals surface area contributed by atoms with Crippen LogP contribution in [-0.4, -0.2) is 39.3 Å². The zero-order valence-electron chi connectivity index (χ0n) is 17.3. The molecule has 0 aliphatic carbocycles. The van der Waals surface area contributed by atoms with Gasteiger partial charge in [-0.15, -0.1) is 0 Å². The molecular weight excluding hydrogens is 410 g/mol. The summed E-state index contributed by atoms with van der Waals surface area (Å²) in [5.41, 5.74) is 2.10. The fourth-order valence-electron chi connectivity index (χ4n) is 2.56. The van der Waals surface area contributed by atoms with Gasteiger partial charge in [-0.2, -0.15) is 0 Å². The standard InChI is InChI=1S/C22H24ClNO6/c1-5-29-19-12-15(11-17(23)22(19)28-4)6-9-20(25)24-18-8-7-16(10-14(18)2)30-13-21(26)27-3/h6-12H,5,13H2,1-4H3,(H,24,25). The van der Waals surface area contributed by atoms with Gasteiger partial charge in [-0.05, 0) is 61.4 Å². The summed E-state index contributed by atoms with van der Waals surface area (Å²) in [5, 5.41) is 3.19. The van der Waals surface area contributed by atoms with E-state index in [4.69, 9.17) is 25.8 Å². The molecule has 2 aromatic rings. The number of carbonyl (C=O) groups excluding carboxylic acids is 2. The molecule has 0 aromatic heterocycles. The number of hydrogen-bond acceptors (Lipinski definition) is 6. The van der Waals surface area contributed by atoms with Gasteiger partial charge in [0.15, 0.2) is 18.1 Å². The maximum atomic E-state index is 12.3. The van der Waals surface area contributed by atoms with E-state index in [1.807, 2.05) is 13.8 Å². The van der Waals surface area contributed by atoms with Crippen molar-refractivity contribution in [2.24, 2.45) is 0 Å². The highest BCUT2D eigenvalue weighted by Gasteiger charge is 2.11. The van der Waals surface area contributed by atoms with E-state index in [9.17, 15) is 9.59 Å². The highest BCUT2D eigenvalue weighted by atomic mass is 35.5. The number of hydrogen-bond donors (Lipinski definition) is 1. The molecule has 30 heavy (non-hydrogen) atoms. The molecule has 0 saturated heterocycles. The summed E-state index contributed by atoms with van der Waals surface area (Å²) in [4.78, 5) is 23.5. The smallest absolute Gasteiger partial charge is 0.343 e. The van der Waals surface area contributed by atoms with Crippen LogP contribution in [0.2, 0.25) is 5.02 Å². The molecule has 7 nitrogen and oxygen atoms in total.